The highest BCUT2D eigenvalue weighted by Gasteiger charge is 2.50. The summed E-state index contributed by atoms with van der Waals surface area (Å²) in [6.45, 7) is -0.502. The molecule has 4 atom stereocenters. The Kier molecular flexibility index (Phi) is 2.15. The van der Waals surface area contributed by atoms with Crippen molar-refractivity contribution in [1.82, 2.24) is 0 Å². The normalized spacial score (nSPS) is 51.5. The maximum atomic E-state index is 9.02. The van der Waals surface area contributed by atoms with Gasteiger partial charge < -0.3 is 25.2 Å². The van der Waals surface area contributed by atoms with Gasteiger partial charge in [0.25, 0.3) is 5.91 Å². The summed E-state index contributed by atoms with van der Waals surface area (Å²) in [6, 6.07) is 0. The lowest BCUT2D eigenvalue weighted by Gasteiger charge is -2.19. The van der Waals surface area contributed by atoms with Crippen LogP contribution < -0.4 is 5.73 Å². The van der Waals surface area contributed by atoms with E-state index in [1.807, 2.05) is 0 Å². The van der Waals surface area contributed by atoms with Gasteiger partial charge in [-0.25, -0.2) is 0 Å². The Hall–Kier alpha value is -0.240. The van der Waals surface area contributed by atoms with Gasteiger partial charge in [-0.05, 0) is 0 Å². The molecular formula is C5H11NO5. The highest BCUT2D eigenvalue weighted by atomic mass is 16.7. The summed E-state index contributed by atoms with van der Waals surface area (Å²) >= 11 is 0. The van der Waals surface area contributed by atoms with Crippen molar-refractivity contribution in [3.05, 3.63) is 0 Å². The molecule has 1 fully saturated rings. The summed E-state index contributed by atoms with van der Waals surface area (Å²) in [5.74, 6) is -2.26. The van der Waals surface area contributed by atoms with Gasteiger partial charge in [0.15, 0.2) is 6.10 Å². The van der Waals surface area contributed by atoms with Crippen LogP contribution in [0.4, 0.5) is 0 Å². The van der Waals surface area contributed by atoms with Crippen LogP contribution in [0.1, 0.15) is 0 Å². The fourth-order valence-electron chi connectivity index (χ4n) is 0.975. The number of hydrogen-bond donors (Lipinski definition) is 5. The van der Waals surface area contributed by atoms with Crippen molar-refractivity contribution >= 4 is 0 Å². The number of ether oxygens (including phenoxy) is 1. The molecule has 6 N–H and O–H groups in total. The molecule has 0 spiro atoms. The second kappa shape index (κ2) is 2.67. The maximum absolute atomic E-state index is 9.02. The molecule has 1 saturated heterocycles. The first-order valence-electron chi connectivity index (χ1n) is 3.15. The molecule has 1 heterocycles. The van der Waals surface area contributed by atoms with E-state index in [4.69, 9.17) is 26.2 Å². The number of aliphatic hydroxyl groups excluding tert-OH is 3. The third-order valence-electron chi connectivity index (χ3n) is 1.65. The van der Waals surface area contributed by atoms with Crippen LogP contribution in [0.25, 0.3) is 0 Å². The Labute approximate surface area is 62.8 Å². The summed E-state index contributed by atoms with van der Waals surface area (Å²) in [6.07, 6.45) is -3.96. The van der Waals surface area contributed by atoms with E-state index >= 15 is 0 Å². The van der Waals surface area contributed by atoms with Gasteiger partial charge in [0.2, 0.25) is 0 Å². The predicted octanol–water partition coefficient (Wildman–Crippen LogP) is -3.30. The van der Waals surface area contributed by atoms with E-state index < -0.39 is 30.8 Å². The lowest BCUT2D eigenvalue weighted by Crippen LogP contribution is -2.50. The van der Waals surface area contributed by atoms with Crippen molar-refractivity contribution in [2.75, 3.05) is 6.61 Å². The average Bonchev–Trinajstić information content (AvgIpc) is 2.13. The summed E-state index contributed by atoms with van der Waals surface area (Å²) in [5, 5.41) is 35.5. The van der Waals surface area contributed by atoms with E-state index in [0.717, 1.165) is 0 Å². The lowest BCUT2D eigenvalue weighted by molar-refractivity contribution is -0.226. The second-order valence-corrected chi connectivity index (χ2v) is 2.53. The Balaban J connectivity index is 2.69. The SMILES string of the molecule is N[C@@]1(O)O[C@H](CO)[C@@H](O)[C@H]1O. The van der Waals surface area contributed by atoms with Crippen molar-refractivity contribution in [2.24, 2.45) is 5.73 Å². The van der Waals surface area contributed by atoms with E-state index in [9.17, 15) is 0 Å². The van der Waals surface area contributed by atoms with Crippen molar-refractivity contribution in [3.8, 4) is 0 Å². The molecule has 0 amide bonds. The van der Waals surface area contributed by atoms with Crippen LogP contribution in [0, 0.1) is 0 Å². The molecule has 0 aliphatic carbocycles. The summed E-state index contributed by atoms with van der Waals surface area (Å²) in [5.41, 5.74) is 4.99. The highest BCUT2D eigenvalue weighted by Crippen LogP contribution is 2.24. The minimum absolute atomic E-state index is 0.502. The van der Waals surface area contributed by atoms with Crippen LogP contribution in [-0.2, 0) is 4.74 Å². The van der Waals surface area contributed by atoms with Gasteiger partial charge in [-0.3, -0.25) is 5.73 Å². The van der Waals surface area contributed by atoms with E-state index in [2.05, 4.69) is 4.74 Å². The van der Waals surface area contributed by atoms with Gasteiger partial charge in [0, 0.05) is 0 Å². The molecular weight excluding hydrogens is 154 g/mol. The number of nitrogens with two attached hydrogens (primary N) is 1. The molecule has 6 nitrogen and oxygen atoms in total. The predicted molar refractivity (Wildman–Crippen MR) is 33.1 cm³/mol. The quantitative estimate of drug-likeness (QED) is 0.260. The van der Waals surface area contributed by atoms with Crippen molar-refractivity contribution in [1.29, 1.82) is 0 Å². The third-order valence-corrected chi connectivity index (χ3v) is 1.65. The van der Waals surface area contributed by atoms with Crippen LogP contribution in [0.3, 0.4) is 0 Å². The maximum Gasteiger partial charge on any atom is 0.252 e. The molecule has 0 unspecified atom stereocenters. The first-order valence-corrected chi connectivity index (χ1v) is 3.15. The number of aliphatic hydroxyl groups is 4. The Morgan fingerprint density at radius 2 is 2.00 bits per heavy atom. The minimum atomic E-state index is -2.26. The molecule has 1 aliphatic heterocycles. The Bertz CT molecular complexity index is 150. The zero-order valence-electron chi connectivity index (χ0n) is 5.71. The van der Waals surface area contributed by atoms with Crippen LogP contribution >= 0.6 is 0 Å². The highest BCUT2D eigenvalue weighted by molar-refractivity contribution is 4.91. The van der Waals surface area contributed by atoms with Gasteiger partial charge in [-0.15, -0.1) is 0 Å². The zero-order chi connectivity index (χ0) is 8.65. The topological polar surface area (TPSA) is 116 Å². The second-order valence-electron chi connectivity index (χ2n) is 2.53. The van der Waals surface area contributed by atoms with Crippen molar-refractivity contribution in [3.63, 3.8) is 0 Å². The summed E-state index contributed by atoms with van der Waals surface area (Å²) < 4.78 is 4.51. The lowest BCUT2D eigenvalue weighted by atomic mass is 10.1. The van der Waals surface area contributed by atoms with Crippen LogP contribution in [0.5, 0.6) is 0 Å². The molecule has 11 heavy (non-hydrogen) atoms. The van der Waals surface area contributed by atoms with Crippen LogP contribution in [-0.4, -0.2) is 51.3 Å². The molecule has 0 saturated carbocycles. The van der Waals surface area contributed by atoms with Gasteiger partial charge in [0.1, 0.15) is 12.2 Å². The van der Waals surface area contributed by atoms with E-state index in [-0.39, 0.29) is 0 Å². The first kappa shape index (κ1) is 8.85. The number of hydrogen-bond acceptors (Lipinski definition) is 6. The minimum Gasteiger partial charge on any atom is -0.394 e. The van der Waals surface area contributed by atoms with Crippen LogP contribution in [0.2, 0.25) is 0 Å². The number of rotatable bonds is 1. The smallest absolute Gasteiger partial charge is 0.252 e. The zero-order valence-corrected chi connectivity index (χ0v) is 5.71. The van der Waals surface area contributed by atoms with Gasteiger partial charge in [-0.2, -0.15) is 0 Å². The van der Waals surface area contributed by atoms with E-state index in [1.165, 1.54) is 0 Å². The fourth-order valence-corrected chi connectivity index (χ4v) is 0.975. The van der Waals surface area contributed by atoms with E-state index in [0.29, 0.717) is 0 Å². The average molecular weight is 165 g/mol. The van der Waals surface area contributed by atoms with Crippen molar-refractivity contribution in [2.45, 2.75) is 24.2 Å². The molecule has 6 heteroatoms. The van der Waals surface area contributed by atoms with Gasteiger partial charge >= 0.3 is 0 Å². The largest absolute Gasteiger partial charge is 0.394 e. The fraction of sp³-hybridized carbons (Fsp3) is 1.00. The van der Waals surface area contributed by atoms with Gasteiger partial charge in [-0.1, -0.05) is 0 Å². The standard InChI is InChI=1S/C5H11NO5/c6-5(10)4(9)3(8)2(1-7)11-5/h2-4,7-10H,1,6H2/t2-,3-,4-,5+/m1/s1. The van der Waals surface area contributed by atoms with Crippen molar-refractivity contribution < 1.29 is 25.2 Å². The molecule has 0 bridgehead atoms. The molecule has 0 radical (unpaired) electrons. The molecule has 1 rings (SSSR count). The third kappa shape index (κ3) is 1.36. The molecule has 0 aromatic rings. The molecule has 0 aromatic carbocycles. The Morgan fingerprint density at radius 1 is 1.45 bits per heavy atom. The molecule has 66 valence electrons. The molecule has 0 aromatic heterocycles. The monoisotopic (exact) mass is 165 g/mol. The summed E-state index contributed by atoms with van der Waals surface area (Å²) in [7, 11) is 0. The summed E-state index contributed by atoms with van der Waals surface area (Å²) in [4.78, 5) is 0. The Morgan fingerprint density at radius 3 is 2.18 bits per heavy atom. The van der Waals surface area contributed by atoms with Crippen LogP contribution in [0.15, 0.2) is 0 Å². The van der Waals surface area contributed by atoms with E-state index in [1.54, 1.807) is 0 Å². The van der Waals surface area contributed by atoms with Gasteiger partial charge in [0.05, 0.1) is 6.61 Å². The first-order chi connectivity index (χ1) is 4.99. The molecule has 1 aliphatic rings.